The Kier molecular flexibility index (Phi) is 3.85. The Morgan fingerprint density at radius 3 is 2.72 bits per heavy atom. The molecule has 0 spiro atoms. The summed E-state index contributed by atoms with van der Waals surface area (Å²) in [5.41, 5.74) is 0. The maximum atomic E-state index is 12.5. The first kappa shape index (κ1) is 13.3. The third-order valence-electron chi connectivity index (χ3n) is 3.29. The number of urea groups is 1. The van der Waals surface area contributed by atoms with Crippen molar-refractivity contribution in [3.8, 4) is 0 Å². The Morgan fingerprint density at radius 2 is 2.22 bits per heavy atom. The van der Waals surface area contributed by atoms with Gasteiger partial charge in [0.05, 0.1) is 5.37 Å². The second kappa shape index (κ2) is 5.22. The standard InChI is InChI=1S/C12H18N2O3S/c1-3-6-13(9-4-5-9)12(17)14-8(2)18-7-10(14)11(15)16/h3,8-10H,1,4-7H2,2H3,(H,15,16). The first-order valence-corrected chi connectivity index (χ1v) is 7.15. The molecule has 6 heteroatoms. The number of carbonyl (C=O) groups is 2. The van der Waals surface area contributed by atoms with Crippen LogP contribution < -0.4 is 0 Å². The van der Waals surface area contributed by atoms with Crippen LogP contribution in [0.15, 0.2) is 12.7 Å². The van der Waals surface area contributed by atoms with E-state index in [1.165, 1.54) is 16.7 Å². The molecule has 1 heterocycles. The van der Waals surface area contributed by atoms with E-state index in [4.69, 9.17) is 0 Å². The van der Waals surface area contributed by atoms with Crippen LogP contribution in [0.25, 0.3) is 0 Å². The molecule has 0 aromatic heterocycles. The van der Waals surface area contributed by atoms with Gasteiger partial charge in [0.2, 0.25) is 0 Å². The molecule has 18 heavy (non-hydrogen) atoms. The maximum absolute atomic E-state index is 12.5. The van der Waals surface area contributed by atoms with Crippen LogP contribution in [0.1, 0.15) is 19.8 Å². The smallest absolute Gasteiger partial charge is 0.327 e. The van der Waals surface area contributed by atoms with E-state index in [1.54, 1.807) is 11.0 Å². The van der Waals surface area contributed by atoms with E-state index in [0.717, 1.165) is 12.8 Å². The van der Waals surface area contributed by atoms with Gasteiger partial charge in [-0.25, -0.2) is 9.59 Å². The number of nitrogens with zero attached hydrogens (tertiary/aromatic N) is 2. The van der Waals surface area contributed by atoms with Crippen molar-refractivity contribution in [3.05, 3.63) is 12.7 Å². The van der Waals surface area contributed by atoms with Crippen molar-refractivity contribution in [2.75, 3.05) is 12.3 Å². The third-order valence-corrected chi connectivity index (χ3v) is 4.51. The molecular formula is C12H18N2O3S. The molecule has 0 radical (unpaired) electrons. The van der Waals surface area contributed by atoms with Crippen molar-refractivity contribution in [2.45, 2.75) is 37.2 Å². The average Bonchev–Trinajstić information content (AvgIpc) is 3.07. The first-order valence-electron chi connectivity index (χ1n) is 6.10. The van der Waals surface area contributed by atoms with Gasteiger partial charge in [0.25, 0.3) is 0 Å². The number of carboxylic acids is 1. The Labute approximate surface area is 111 Å². The van der Waals surface area contributed by atoms with Crippen LogP contribution >= 0.6 is 11.8 Å². The molecule has 0 aromatic rings. The highest BCUT2D eigenvalue weighted by Gasteiger charge is 2.43. The van der Waals surface area contributed by atoms with Gasteiger partial charge < -0.3 is 10.0 Å². The minimum Gasteiger partial charge on any atom is -0.480 e. The summed E-state index contributed by atoms with van der Waals surface area (Å²) in [5.74, 6) is -0.455. The van der Waals surface area contributed by atoms with Crippen LogP contribution in [0.5, 0.6) is 0 Å². The van der Waals surface area contributed by atoms with Crippen LogP contribution in [0.2, 0.25) is 0 Å². The number of rotatable bonds is 4. The molecule has 1 saturated heterocycles. The number of hydrogen-bond donors (Lipinski definition) is 1. The van der Waals surface area contributed by atoms with Crippen molar-refractivity contribution in [1.82, 2.24) is 9.80 Å². The normalized spacial score (nSPS) is 27.1. The SMILES string of the molecule is C=CCN(C(=O)N1C(C)SCC1C(=O)O)C1CC1. The minimum absolute atomic E-state index is 0.0790. The summed E-state index contributed by atoms with van der Waals surface area (Å²) < 4.78 is 0. The lowest BCUT2D eigenvalue weighted by Crippen LogP contribution is -2.51. The minimum atomic E-state index is -0.922. The number of thioether (sulfide) groups is 1. The lowest BCUT2D eigenvalue weighted by Gasteiger charge is -2.31. The quantitative estimate of drug-likeness (QED) is 0.788. The van der Waals surface area contributed by atoms with Gasteiger partial charge in [0.1, 0.15) is 6.04 Å². The van der Waals surface area contributed by atoms with Gasteiger partial charge >= 0.3 is 12.0 Å². The highest BCUT2D eigenvalue weighted by Crippen LogP contribution is 2.33. The van der Waals surface area contributed by atoms with E-state index in [2.05, 4.69) is 6.58 Å². The van der Waals surface area contributed by atoms with Gasteiger partial charge in [0, 0.05) is 18.3 Å². The summed E-state index contributed by atoms with van der Waals surface area (Å²) in [6.45, 7) is 6.03. The van der Waals surface area contributed by atoms with E-state index in [9.17, 15) is 14.7 Å². The molecule has 2 rings (SSSR count). The fourth-order valence-electron chi connectivity index (χ4n) is 2.18. The number of carboxylic acid groups (broad SMARTS) is 1. The Balaban J connectivity index is 2.13. The van der Waals surface area contributed by atoms with Crippen LogP contribution in [0, 0.1) is 0 Å². The van der Waals surface area contributed by atoms with E-state index in [0.29, 0.717) is 12.3 Å². The summed E-state index contributed by atoms with van der Waals surface area (Å²) in [5, 5.41) is 9.09. The molecule has 2 atom stereocenters. The molecule has 1 aliphatic heterocycles. The topological polar surface area (TPSA) is 60.9 Å². The van der Waals surface area contributed by atoms with Crippen LogP contribution in [-0.4, -0.2) is 56.7 Å². The van der Waals surface area contributed by atoms with Gasteiger partial charge in [-0.2, -0.15) is 0 Å². The number of carbonyl (C=O) groups excluding carboxylic acids is 1. The molecule has 100 valence electrons. The molecule has 0 aromatic carbocycles. The number of aliphatic carboxylic acids is 1. The van der Waals surface area contributed by atoms with E-state index in [-0.39, 0.29) is 17.4 Å². The van der Waals surface area contributed by atoms with Gasteiger partial charge in [0.15, 0.2) is 0 Å². The summed E-state index contributed by atoms with van der Waals surface area (Å²) in [6, 6.07) is -0.603. The van der Waals surface area contributed by atoms with Gasteiger partial charge in [-0.1, -0.05) is 6.08 Å². The van der Waals surface area contributed by atoms with Crippen molar-refractivity contribution in [1.29, 1.82) is 0 Å². The highest BCUT2D eigenvalue weighted by molar-refractivity contribution is 8.00. The van der Waals surface area contributed by atoms with Crippen LogP contribution in [0.4, 0.5) is 4.79 Å². The lowest BCUT2D eigenvalue weighted by molar-refractivity contribution is -0.141. The Hall–Kier alpha value is -1.17. The summed E-state index contributed by atoms with van der Waals surface area (Å²) in [4.78, 5) is 26.9. The molecule has 2 fully saturated rings. The van der Waals surface area contributed by atoms with Crippen LogP contribution in [0.3, 0.4) is 0 Å². The predicted molar refractivity (Wildman–Crippen MR) is 70.5 cm³/mol. The summed E-state index contributed by atoms with van der Waals surface area (Å²) in [6.07, 6.45) is 3.71. The molecule has 2 amide bonds. The highest BCUT2D eigenvalue weighted by atomic mass is 32.2. The van der Waals surface area contributed by atoms with Crippen LogP contribution in [-0.2, 0) is 4.79 Å². The molecule has 1 saturated carbocycles. The number of hydrogen-bond acceptors (Lipinski definition) is 3. The molecule has 0 bridgehead atoms. The second-order valence-corrected chi connectivity index (χ2v) is 6.00. The predicted octanol–water partition coefficient (Wildman–Crippen LogP) is 1.60. The fraction of sp³-hybridized carbons (Fsp3) is 0.667. The zero-order chi connectivity index (χ0) is 13.3. The van der Waals surface area contributed by atoms with Crippen molar-refractivity contribution >= 4 is 23.8 Å². The Morgan fingerprint density at radius 1 is 1.56 bits per heavy atom. The van der Waals surface area contributed by atoms with Gasteiger partial charge in [-0.05, 0) is 19.8 Å². The number of amides is 2. The first-order chi connectivity index (χ1) is 8.56. The summed E-state index contributed by atoms with van der Waals surface area (Å²) in [7, 11) is 0. The third kappa shape index (κ3) is 2.48. The maximum Gasteiger partial charge on any atom is 0.327 e. The fourth-order valence-corrected chi connectivity index (χ4v) is 3.34. The molecule has 2 unspecified atom stereocenters. The van der Waals surface area contributed by atoms with Gasteiger partial charge in [-0.15, -0.1) is 18.3 Å². The summed E-state index contributed by atoms with van der Waals surface area (Å²) >= 11 is 1.51. The van der Waals surface area contributed by atoms with E-state index < -0.39 is 12.0 Å². The average molecular weight is 270 g/mol. The molecular weight excluding hydrogens is 252 g/mol. The van der Waals surface area contributed by atoms with Gasteiger partial charge in [-0.3, -0.25) is 4.90 Å². The zero-order valence-electron chi connectivity index (χ0n) is 10.4. The lowest BCUT2D eigenvalue weighted by atomic mass is 10.3. The van der Waals surface area contributed by atoms with Crippen molar-refractivity contribution < 1.29 is 14.7 Å². The van der Waals surface area contributed by atoms with E-state index >= 15 is 0 Å². The van der Waals surface area contributed by atoms with E-state index in [1.807, 2.05) is 6.92 Å². The monoisotopic (exact) mass is 270 g/mol. The zero-order valence-corrected chi connectivity index (χ0v) is 11.2. The van der Waals surface area contributed by atoms with Crippen molar-refractivity contribution in [3.63, 3.8) is 0 Å². The molecule has 2 aliphatic rings. The largest absolute Gasteiger partial charge is 0.480 e. The molecule has 1 aliphatic carbocycles. The Bertz CT molecular complexity index is 370. The second-order valence-electron chi connectivity index (χ2n) is 4.65. The molecule has 5 nitrogen and oxygen atoms in total. The molecule has 1 N–H and O–H groups in total. The van der Waals surface area contributed by atoms with Crippen molar-refractivity contribution in [2.24, 2.45) is 0 Å².